The molecule has 1 unspecified atom stereocenters. The number of aryl methyl sites for hydroxylation is 1. The average molecular weight is 296 g/mol. The van der Waals surface area contributed by atoms with Gasteiger partial charge < -0.3 is 15.4 Å². The molecule has 1 aromatic heterocycles. The van der Waals surface area contributed by atoms with Gasteiger partial charge in [-0.15, -0.1) is 0 Å². The molecule has 7 nitrogen and oxygen atoms in total. The third-order valence-corrected chi connectivity index (χ3v) is 3.56. The van der Waals surface area contributed by atoms with E-state index in [1.165, 1.54) is 0 Å². The lowest BCUT2D eigenvalue weighted by atomic mass is 10.1. The monoisotopic (exact) mass is 296 g/mol. The maximum absolute atomic E-state index is 11.2. The van der Waals surface area contributed by atoms with E-state index in [1.807, 2.05) is 6.92 Å². The predicted molar refractivity (Wildman–Crippen MR) is 78.7 cm³/mol. The first-order chi connectivity index (χ1) is 9.97. The maximum atomic E-state index is 11.2. The highest BCUT2D eigenvalue weighted by Crippen LogP contribution is 2.14. The summed E-state index contributed by atoms with van der Waals surface area (Å²) in [5.41, 5.74) is 2.21. The van der Waals surface area contributed by atoms with Crippen LogP contribution in [0.25, 0.3) is 0 Å². The molecule has 3 N–H and O–H groups in total. The molecule has 0 spiro atoms. The van der Waals surface area contributed by atoms with Crippen molar-refractivity contribution in [2.24, 2.45) is 0 Å². The number of nitrogens with zero attached hydrogens (tertiary/aromatic N) is 2. The number of aromatic nitrogens is 2. The van der Waals surface area contributed by atoms with Crippen molar-refractivity contribution in [3.05, 3.63) is 17.7 Å². The van der Waals surface area contributed by atoms with Crippen LogP contribution >= 0.6 is 0 Å². The summed E-state index contributed by atoms with van der Waals surface area (Å²) in [6.07, 6.45) is 3.35. The Labute approximate surface area is 124 Å². The van der Waals surface area contributed by atoms with Crippen LogP contribution in [-0.4, -0.2) is 51.0 Å². The lowest BCUT2D eigenvalue weighted by Crippen LogP contribution is -2.41. The fourth-order valence-electron chi connectivity index (χ4n) is 2.29. The van der Waals surface area contributed by atoms with Gasteiger partial charge in [0.25, 0.3) is 6.47 Å². The molecule has 1 saturated heterocycles. The molecule has 1 aromatic rings. The lowest BCUT2D eigenvalue weighted by Gasteiger charge is -2.28. The van der Waals surface area contributed by atoms with Gasteiger partial charge in [-0.3, -0.25) is 14.5 Å². The zero-order valence-electron chi connectivity index (χ0n) is 12.8. The Bertz CT molecular complexity index is 459. The van der Waals surface area contributed by atoms with Gasteiger partial charge in [0.15, 0.2) is 0 Å². The molecular weight excluding hydrogens is 272 g/mol. The standard InChI is InChI=1S/C13H22N4O.CH2O2/c1-9(2)17(6-11-4-5-13(18)16-11)7-12-10(3)14-8-15-12;2-1-3/h8-9,11H,4-7H2,1-3H3,(H,14,15)(H,16,18);1H,(H,2,3). The minimum atomic E-state index is -0.250. The molecule has 0 radical (unpaired) electrons. The first-order valence-corrected chi connectivity index (χ1v) is 7.08. The number of aromatic amines is 1. The van der Waals surface area contributed by atoms with Gasteiger partial charge in [0.05, 0.1) is 12.0 Å². The predicted octanol–water partition coefficient (Wildman–Crippen LogP) is 0.908. The van der Waals surface area contributed by atoms with E-state index in [-0.39, 0.29) is 12.4 Å². The van der Waals surface area contributed by atoms with Crippen molar-refractivity contribution in [2.75, 3.05) is 6.54 Å². The number of rotatable bonds is 5. The minimum Gasteiger partial charge on any atom is -0.483 e. The van der Waals surface area contributed by atoms with E-state index >= 15 is 0 Å². The molecule has 1 aliphatic rings. The Balaban J connectivity index is 0.000000677. The Morgan fingerprint density at radius 2 is 2.24 bits per heavy atom. The van der Waals surface area contributed by atoms with Crippen molar-refractivity contribution >= 4 is 12.4 Å². The Morgan fingerprint density at radius 1 is 1.57 bits per heavy atom. The maximum Gasteiger partial charge on any atom is 0.290 e. The van der Waals surface area contributed by atoms with E-state index in [9.17, 15) is 4.79 Å². The van der Waals surface area contributed by atoms with Gasteiger partial charge in [-0.05, 0) is 27.2 Å². The quantitative estimate of drug-likeness (QED) is 0.701. The van der Waals surface area contributed by atoms with Crippen molar-refractivity contribution in [3.63, 3.8) is 0 Å². The Hall–Kier alpha value is -1.89. The highest BCUT2D eigenvalue weighted by atomic mass is 16.3. The molecule has 1 aliphatic heterocycles. The van der Waals surface area contributed by atoms with Crippen LogP contribution in [0.15, 0.2) is 6.33 Å². The SMILES string of the molecule is Cc1[nH]cnc1CN(CC1CCC(=O)N1)C(C)C.O=CO. The molecule has 0 aliphatic carbocycles. The van der Waals surface area contributed by atoms with Crippen LogP contribution in [0.3, 0.4) is 0 Å². The van der Waals surface area contributed by atoms with Crippen LogP contribution < -0.4 is 5.32 Å². The van der Waals surface area contributed by atoms with Gasteiger partial charge >= 0.3 is 0 Å². The summed E-state index contributed by atoms with van der Waals surface area (Å²) in [5, 5.41) is 9.91. The second kappa shape index (κ2) is 8.41. The molecule has 1 amide bonds. The van der Waals surface area contributed by atoms with Crippen molar-refractivity contribution in [1.82, 2.24) is 20.2 Å². The van der Waals surface area contributed by atoms with Gasteiger partial charge in [-0.2, -0.15) is 0 Å². The van der Waals surface area contributed by atoms with Crippen molar-refractivity contribution in [3.8, 4) is 0 Å². The molecular formula is C14H24N4O3. The molecule has 21 heavy (non-hydrogen) atoms. The summed E-state index contributed by atoms with van der Waals surface area (Å²) in [6, 6.07) is 0.734. The summed E-state index contributed by atoms with van der Waals surface area (Å²) in [6.45, 7) is 7.88. The van der Waals surface area contributed by atoms with Gasteiger partial charge in [0.1, 0.15) is 0 Å². The number of amides is 1. The molecule has 2 heterocycles. The molecule has 7 heteroatoms. The number of hydrogen-bond acceptors (Lipinski definition) is 4. The highest BCUT2D eigenvalue weighted by molar-refractivity contribution is 5.78. The van der Waals surface area contributed by atoms with Crippen LogP contribution in [-0.2, 0) is 16.1 Å². The van der Waals surface area contributed by atoms with E-state index in [1.54, 1.807) is 6.33 Å². The highest BCUT2D eigenvalue weighted by Gasteiger charge is 2.24. The number of hydrogen-bond donors (Lipinski definition) is 3. The Kier molecular flexibility index (Phi) is 6.87. The molecule has 0 bridgehead atoms. The van der Waals surface area contributed by atoms with E-state index in [4.69, 9.17) is 9.90 Å². The number of carbonyl (C=O) groups excluding carboxylic acids is 1. The van der Waals surface area contributed by atoms with Crippen molar-refractivity contribution < 1.29 is 14.7 Å². The van der Waals surface area contributed by atoms with E-state index in [0.717, 1.165) is 30.9 Å². The van der Waals surface area contributed by atoms with Crippen LogP contribution in [0.5, 0.6) is 0 Å². The van der Waals surface area contributed by atoms with Crippen LogP contribution in [0, 0.1) is 6.92 Å². The second-order valence-electron chi connectivity index (χ2n) is 5.41. The van der Waals surface area contributed by atoms with Crippen LogP contribution in [0.1, 0.15) is 38.1 Å². The van der Waals surface area contributed by atoms with Gasteiger partial charge in [-0.1, -0.05) is 0 Å². The minimum absolute atomic E-state index is 0.180. The third kappa shape index (κ3) is 5.55. The van der Waals surface area contributed by atoms with Gasteiger partial charge in [-0.25, -0.2) is 4.98 Å². The molecule has 2 rings (SSSR count). The number of imidazole rings is 1. The zero-order chi connectivity index (χ0) is 15.8. The van der Waals surface area contributed by atoms with E-state index in [2.05, 4.69) is 34.0 Å². The summed E-state index contributed by atoms with van der Waals surface area (Å²) < 4.78 is 0. The summed E-state index contributed by atoms with van der Waals surface area (Å²) in [7, 11) is 0. The molecule has 1 atom stereocenters. The first kappa shape index (κ1) is 17.2. The summed E-state index contributed by atoms with van der Waals surface area (Å²) in [5.74, 6) is 0.180. The van der Waals surface area contributed by atoms with Crippen LogP contribution in [0.4, 0.5) is 0 Å². The number of nitrogens with one attached hydrogen (secondary N) is 2. The summed E-state index contributed by atoms with van der Waals surface area (Å²) >= 11 is 0. The largest absolute Gasteiger partial charge is 0.483 e. The zero-order valence-corrected chi connectivity index (χ0v) is 12.8. The molecule has 0 aromatic carbocycles. The topological polar surface area (TPSA) is 98.3 Å². The molecule has 118 valence electrons. The second-order valence-corrected chi connectivity index (χ2v) is 5.41. The molecule has 0 saturated carbocycles. The van der Waals surface area contributed by atoms with E-state index < -0.39 is 0 Å². The van der Waals surface area contributed by atoms with Crippen molar-refractivity contribution in [1.29, 1.82) is 0 Å². The first-order valence-electron chi connectivity index (χ1n) is 7.08. The number of H-pyrrole nitrogens is 1. The fraction of sp³-hybridized carbons (Fsp3) is 0.643. The number of carbonyl (C=O) groups is 2. The van der Waals surface area contributed by atoms with Crippen LogP contribution in [0.2, 0.25) is 0 Å². The Morgan fingerprint density at radius 3 is 2.67 bits per heavy atom. The van der Waals surface area contributed by atoms with Crippen molar-refractivity contribution in [2.45, 2.75) is 52.2 Å². The third-order valence-electron chi connectivity index (χ3n) is 3.56. The van der Waals surface area contributed by atoms with E-state index in [0.29, 0.717) is 18.5 Å². The molecule has 1 fully saturated rings. The normalized spacial score (nSPS) is 17.6. The number of carboxylic acid groups (broad SMARTS) is 1. The van der Waals surface area contributed by atoms with Gasteiger partial charge in [0, 0.05) is 37.3 Å². The smallest absolute Gasteiger partial charge is 0.290 e. The fourth-order valence-corrected chi connectivity index (χ4v) is 2.29. The average Bonchev–Trinajstić information content (AvgIpc) is 2.99. The summed E-state index contributed by atoms with van der Waals surface area (Å²) in [4.78, 5) is 29.4. The van der Waals surface area contributed by atoms with Gasteiger partial charge in [0.2, 0.25) is 5.91 Å². The lowest BCUT2D eigenvalue weighted by molar-refractivity contribution is -0.123.